The minimum absolute atomic E-state index is 0.0636. The molecule has 6 heteroatoms. The van der Waals surface area contributed by atoms with Crippen LogP contribution in [0.4, 0.5) is 0 Å². The number of allylic oxidation sites excluding steroid dienone is 2. The molecular weight excluding hydrogens is 407 g/mol. The quantitative estimate of drug-likeness (QED) is 0.593. The summed E-state index contributed by atoms with van der Waals surface area (Å²) in [6, 6.07) is 15.3. The Balaban J connectivity index is 1.67. The Hall–Kier alpha value is -2.56. The molecule has 1 aromatic heterocycles. The molecule has 2 aromatic carbocycles. The van der Waals surface area contributed by atoms with Crippen molar-refractivity contribution in [1.29, 1.82) is 0 Å². The number of rotatable bonds is 4. The van der Waals surface area contributed by atoms with E-state index in [9.17, 15) is 9.59 Å². The molecule has 148 valence electrons. The van der Waals surface area contributed by atoms with Crippen LogP contribution >= 0.6 is 23.2 Å². The molecule has 0 amide bonds. The predicted molar refractivity (Wildman–Crippen MR) is 118 cm³/mol. The number of hydrogen-bond acceptors (Lipinski definition) is 2. The van der Waals surface area contributed by atoms with Gasteiger partial charge in [-0.25, -0.2) is 4.79 Å². The minimum atomic E-state index is -0.467. The van der Waals surface area contributed by atoms with E-state index >= 15 is 0 Å². The van der Waals surface area contributed by atoms with Crippen molar-refractivity contribution in [3.8, 4) is 0 Å². The molecule has 0 spiro atoms. The molecule has 4 nitrogen and oxygen atoms in total. The third kappa shape index (κ3) is 4.24. The van der Waals surface area contributed by atoms with E-state index in [2.05, 4.69) is 16.0 Å². The number of hydrogen-bond donors (Lipinski definition) is 2. The Morgan fingerprint density at radius 1 is 0.931 bits per heavy atom. The normalized spacial score (nSPS) is 16.5. The zero-order valence-electron chi connectivity index (χ0n) is 15.7. The summed E-state index contributed by atoms with van der Waals surface area (Å²) in [5.74, 6) is 0.0636. The molecule has 1 aliphatic carbocycles. The maximum absolute atomic E-state index is 12.6. The van der Waals surface area contributed by atoms with Gasteiger partial charge in [0, 0.05) is 39.2 Å². The predicted octanol–water partition coefficient (Wildman–Crippen LogP) is 5.31. The van der Waals surface area contributed by atoms with Crippen LogP contribution in [0, 0.1) is 0 Å². The summed E-state index contributed by atoms with van der Waals surface area (Å²) in [5.41, 5.74) is 3.56. The van der Waals surface area contributed by atoms with Gasteiger partial charge in [-0.1, -0.05) is 65.7 Å². The molecule has 0 aliphatic heterocycles. The highest BCUT2D eigenvalue weighted by molar-refractivity contribution is 6.37. The second-order valence-corrected chi connectivity index (χ2v) is 8.07. The van der Waals surface area contributed by atoms with E-state index in [0.717, 1.165) is 35.2 Å². The monoisotopic (exact) mass is 426 g/mol. The Bertz CT molecular complexity index is 1160. The van der Waals surface area contributed by atoms with Gasteiger partial charge in [0.15, 0.2) is 0 Å². The molecule has 0 saturated carbocycles. The van der Waals surface area contributed by atoms with Gasteiger partial charge in [0.25, 0.3) is 5.56 Å². The van der Waals surface area contributed by atoms with Crippen LogP contribution in [-0.4, -0.2) is 9.97 Å². The molecule has 0 saturated heterocycles. The third-order valence-corrected chi connectivity index (χ3v) is 6.03. The highest BCUT2D eigenvalue weighted by Crippen LogP contribution is 2.40. The lowest BCUT2D eigenvalue weighted by Gasteiger charge is -2.24. The van der Waals surface area contributed by atoms with Crippen LogP contribution in [0.5, 0.6) is 0 Å². The summed E-state index contributed by atoms with van der Waals surface area (Å²) in [6.07, 6.45) is 4.87. The van der Waals surface area contributed by atoms with E-state index in [1.807, 2.05) is 48.5 Å². The Morgan fingerprint density at radius 2 is 1.66 bits per heavy atom. The van der Waals surface area contributed by atoms with Crippen LogP contribution in [0.3, 0.4) is 0 Å². The topological polar surface area (TPSA) is 65.7 Å². The SMILES string of the molecule is O=c1[nH]c(C2CC=C(c3c(Cl)cccc3Cl)CC2)c(Cc2ccccc2)c(=O)[nH]1. The highest BCUT2D eigenvalue weighted by atomic mass is 35.5. The van der Waals surface area contributed by atoms with Crippen LogP contribution < -0.4 is 11.2 Å². The zero-order chi connectivity index (χ0) is 20.4. The molecule has 0 radical (unpaired) electrons. The van der Waals surface area contributed by atoms with E-state index < -0.39 is 5.69 Å². The van der Waals surface area contributed by atoms with E-state index in [4.69, 9.17) is 23.2 Å². The van der Waals surface area contributed by atoms with E-state index in [1.165, 1.54) is 0 Å². The summed E-state index contributed by atoms with van der Waals surface area (Å²) in [4.78, 5) is 29.8. The minimum Gasteiger partial charge on any atom is -0.311 e. The Kier molecular flexibility index (Phi) is 5.74. The first-order valence-corrected chi connectivity index (χ1v) is 10.3. The van der Waals surface area contributed by atoms with Gasteiger partial charge in [-0.05, 0) is 42.5 Å². The summed E-state index contributed by atoms with van der Waals surface area (Å²) in [5, 5.41) is 1.27. The van der Waals surface area contributed by atoms with Crippen LogP contribution in [-0.2, 0) is 6.42 Å². The summed E-state index contributed by atoms with van der Waals surface area (Å²) < 4.78 is 0. The van der Waals surface area contributed by atoms with Gasteiger partial charge in [-0.3, -0.25) is 9.78 Å². The number of nitrogens with one attached hydrogen (secondary N) is 2. The Morgan fingerprint density at radius 3 is 2.31 bits per heavy atom. The van der Waals surface area contributed by atoms with Crippen LogP contribution in [0.25, 0.3) is 5.57 Å². The first-order valence-electron chi connectivity index (χ1n) is 9.55. The summed E-state index contributed by atoms with van der Waals surface area (Å²) in [6.45, 7) is 0. The molecule has 3 aromatic rings. The molecule has 0 fully saturated rings. The van der Waals surface area contributed by atoms with Crippen LogP contribution in [0.1, 0.15) is 47.6 Å². The van der Waals surface area contributed by atoms with Gasteiger partial charge < -0.3 is 4.98 Å². The lowest BCUT2D eigenvalue weighted by molar-refractivity contribution is 0.596. The first-order chi connectivity index (χ1) is 14.0. The van der Waals surface area contributed by atoms with Crippen molar-refractivity contribution in [2.75, 3.05) is 0 Å². The molecule has 1 heterocycles. The fourth-order valence-corrected chi connectivity index (χ4v) is 4.62. The van der Waals surface area contributed by atoms with Crippen LogP contribution in [0.15, 0.2) is 64.2 Å². The molecule has 4 rings (SSSR count). The molecule has 0 bridgehead atoms. The number of halogens is 2. The van der Waals surface area contributed by atoms with Gasteiger partial charge in [0.1, 0.15) is 0 Å². The highest BCUT2D eigenvalue weighted by Gasteiger charge is 2.24. The van der Waals surface area contributed by atoms with Gasteiger partial charge in [0.2, 0.25) is 0 Å². The van der Waals surface area contributed by atoms with Crippen LogP contribution in [0.2, 0.25) is 10.0 Å². The number of benzene rings is 2. The average Bonchev–Trinajstić information content (AvgIpc) is 2.71. The van der Waals surface area contributed by atoms with Crippen molar-refractivity contribution in [3.63, 3.8) is 0 Å². The molecule has 1 unspecified atom stereocenters. The number of aromatic nitrogens is 2. The van der Waals surface area contributed by atoms with Crippen molar-refractivity contribution in [3.05, 3.63) is 108 Å². The second kappa shape index (κ2) is 8.44. The lowest BCUT2D eigenvalue weighted by atomic mass is 9.83. The molecule has 29 heavy (non-hydrogen) atoms. The standard InChI is InChI=1S/C23H20Cl2N2O2/c24-18-7-4-8-19(25)20(18)15-9-11-16(12-10-15)21-17(22(28)27-23(29)26-21)13-14-5-2-1-3-6-14/h1-9,16H,10-13H2,(H2,26,27,28,29). The van der Waals surface area contributed by atoms with Gasteiger partial charge >= 0.3 is 5.69 Å². The van der Waals surface area contributed by atoms with Gasteiger partial charge in [-0.2, -0.15) is 0 Å². The second-order valence-electron chi connectivity index (χ2n) is 7.26. The maximum Gasteiger partial charge on any atom is 0.325 e. The fourth-order valence-electron chi connectivity index (χ4n) is 3.98. The summed E-state index contributed by atoms with van der Waals surface area (Å²) in [7, 11) is 0. The van der Waals surface area contributed by atoms with Crippen molar-refractivity contribution in [1.82, 2.24) is 9.97 Å². The molecule has 2 N–H and O–H groups in total. The maximum atomic E-state index is 12.6. The first kappa shape index (κ1) is 19.7. The van der Waals surface area contributed by atoms with Gasteiger partial charge in [-0.15, -0.1) is 0 Å². The van der Waals surface area contributed by atoms with Crippen molar-refractivity contribution in [2.24, 2.45) is 0 Å². The van der Waals surface area contributed by atoms with Crippen molar-refractivity contribution < 1.29 is 0 Å². The number of H-pyrrole nitrogens is 2. The van der Waals surface area contributed by atoms with Crippen molar-refractivity contribution >= 4 is 28.8 Å². The molecular formula is C23H20Cl2N2O2. The third-order valence-electron chi connectivity index (χ3n) is 5.40. The summed E-state index contributed by atoms with van der Waals surface area (Å²) >= 11 is 12.7. The Labute approximate surface area is 178 Å². The molecule has 1 atom stereocenters. The smallest absolute Gasteiger partial charge is 0.311 e. The van der Waals surface area contributed by atoms with E-state index in [1.54, 1.807) is 0 Å². The van der Waals surface area contributed by atoms with Gasteiger partial charge in [0.05, 0.1) is 0 Å². The van der Waals surface area contributed by atoms with E-state index in [-0.39, 0.29) is 11.5 Å². The average molecular weight is 427 g/mol. The molecule has 1 aliphatic rings. The fraction of sp³-hybridized carbons (Fsp3) is 0.217. The van der Waals surface area contributed by atoms with E-state index in [0.29, 0.717) is 28.5 Å². The van der Waals surface area contributed by atoms with Crippen molar-refractivity contribution in [2.45, 2.75) is 31.6 Å². The zero-order valence-corrected chi connectivity index (χ0v) is 17.2. The lowest BCUT2D eigenvalue weighted by Crippen LogP contribution is -2.30. The largest absolute Gasteiger partial charge is 0.325 e. The number of aromatic amines is 2.